The minimum absolute atomic E-state index is 0.174. The van der Waals surface area contributed by atoms with Gasteiger partial charge in [0.05, 0.1) is 0 Å². The molecule has 4 nitrogen and oxygen atoms in total. The Balaban J connectivity index is 2.48. The highest BCUT2D eigenvalue weighted by Gasteiger charge is 2.32. The predicted molar refractivity (Wildman–Crippen MR) is 82.9 cm³/mol. The van der Waals surface area contributed by atoms with Crippen LogP contribution < -0.4 is 5.32 Å². The molecule has 2 atom stereocenters. The number of ether oxygens (including phenoxy) is 1. The number of amides is 1. The van der Waals surface area contributed by atoms with Gasteiger partial charge in [-0.15, -0.1) is 0 Å². The van der Waals surface area contributed by atoms with Crippen LogP contribution in [0.25, 0.3) is 0 Å². The van der Waals surface area contributed by atoms with E-state index in [4.69, 9.17) is 4.74 Å². The second-order valence-corrected chi connectivity index (χ2v) is 6.94. The van der Waals surface area contributed by atoms with Crippen LogP contribution >= 0.6 is 0 Å². The molecule has 1 heterocycles. The summed E-state index contributed by atoms with van der Waals surface area (Å²) in [4.78, 5) is 14.1. The molecule has 1 aliphatic rings. The van der Waals surface area contributed by atoms with Crippen molar-refractivity contribution in [3.05, 3.63) is 12.2 Å². The maximum Gasteiger partial charge on any atom is 0.410 e. The van der Waals surface area contributed by atoms with E-state index < -0.39 is 5.60 Å². The molecule has 1 N–H and O–H groups in total. The van der Waals surface area contributed by atoms with Gasteiger partial charge in [-0.1, -0.05) is 12.2 Å². The van der Waals surface area contributed by atoms with Gasteiger partial charge in [0.1, 0.15) is 5.60 Å². The fourth-order valence-electron chi connectivity index (χ4n) is 2.48. The third-order valence-electron chi connectivity index (χ3n) is 3.38. The zero-order valence-electron chi connectivity index (χ0n) is 13.7. The largest absolute Gasteiger partial charge is 0.444 e. The molecule has 0 aromatic rings. The zero-order chi connectivity index (χ0) is 15.3. The van der Waals surface area contributed by atoms with E-state index in [2.05, 4.69) is 18.8 Å². The standard InChI is InChI=1S/C16H30N2O2/c1-12(2)11-17-13(3)10-14-8-7-9-18(14)15(19)20-16(4,5)6/h13-14,17H,1,7-11H2,2-6H3. The number of carbonyl (C=O) groups excluding carboxylic acids is 1. The van der Waals surface area contributed by atoms with Gasteiger partial charge in [-0.3, -0.25) is 0 Å². The summed E-state index contributed by atoms with van der Waals surface area (Å²) in [5.74, 6) is 0. The molecule has 1 saturated heterocycles. The Hall–Kier alpha value is -1.03. The Bertz CT molecular complexity index is 347. The molecule has 0 saturated carbocycles. The lowest BCUT2D eigenvalue weighted by molar-refractivity contribution is 0.0215. The summed E-state index contributed by atoms with van der Waals surface area (Å²) >= 11 is 0. The third kappa shape index (κ3) is 5.95. The summed E-state index contributed by atoms with van der Waals surface area (Å²) in [5, 5.41) is 3.44. The number of hydrogen-bond donors (Lipinski definition) is 1. The fraction of sp³-hybridized carbons (Fsp3) is 0.812. The Labute approximate surface area is 123 Å². The van der Waals surface area contributed by atoms with Crippen LogP contribution in [0.2, 0.25) is 0 Å². The molecule has 2 unspecified atom stereocenters. The number of hydrogen-bond acceptors (Lipinski definition) is 3. The molecule has 4 heteroatoms. The van der Waals surface area contributed by atoms with Crippen LogP contribution in [-0.2, 0) is 4.74 Å². The van der Waals surface area contributed by atoms with Gasteiger partial charge in [0, 0.05) is 25.2 Å². The number of nitrogens with zero attached hydrogens (tertiary/aromatic N) is 1. The van der Waals surface area contributed by atoms with Gasteiger partial charge in [-0.05, 0) is 53.9 Å². The van der Waals surface area contributed by atoms with E-state index in [1.165, 1.54) is 0 Å². The first-order valence-electron chi connectivity index (χ1n) is 7.56. The molecule has 1 fully saturated rings. The number of nitrogens with one attached hydrogen (secondary N) is 1. The normalized spacial score (nSPS) is 20.9. The topological polar surface area (TPSA) is 41.6 Å². The molecule has 0 aliphatic carbocycles. The Morgan fingerprint density at radius 1 is 1.50 bits per heavy atom. The molecule has 20 heavy (non-hydrogen) atoms. The van der Waals surface area contributed by atoms with Gasteiger partial charge >= 0.3 is 6.09 Å². The molecule has 1 amide bonds. The minimum atomic E-state index is -0.423. The van der Waals surface area contributed by atoms with E-state index in [9.17, 15) is 4.79 Å². The Kier molecular flexibility index (Phi) is 6.06. The van der Waals surface area contributed by atoms with Crippen molar-refractivity contribution < 1.29 is 9.53 Å². The first kappa shape index (κ1) is 17.0. The number of likely N-dealkylation sites (tertiary alicyclic amines) is 1. The van der Waals surface area contributed by atoms with Crippen molar-refractivity contribution in [3.63, 3.8) is 0 Å². The average molecular weight is 282 g/mol. The molecule has 0 aromatic carbocycles. The number of rotatable bonds is 5. The molecule has 116 valence electrons. The maximum absolute atomic E-state index is 12.2. The smallest absolute Gasteiger partial charge is 0.410 e. The van der Waals surface area contributed by atoms with Gasteiger partial charge in [0.15, 0.2) is 0 Å². The highest BCUT2D eigenvalue weighted by atomic mass is 16.6. The zero-order valence-corrected chi connectivity index (χ0v) is 13.7. The van der Waals surface area contributed by atoms with Crippen LogP contribution in [0.5, 0.6) is 0 Å². The van der Waals surface area contributed by atoms with E-state index in [1.54, 1.807) is 0 Å². The third-order valence-corrected chi connectivity index (χ3v) is 3.38. The Morgan fingerprint density at radius 2 is 2.15 bits per heavy atom. The summed E-state index contributed by atoms with van der Waals surface area (Å²) in [6, 6.07) is 0.664. The number of carbonyl (C=O) groups is 1. The van der Waals surface area contributed by atoms with Crippen LogP contribution in [0.4, 0.5) is 4.79 Å². The van der Waals surface area contributed by atoms with Gasteiger partial charge in [-0.25, -0.2) is 4.79 Å². The highest BCUT2D eigenvalue weighted by Crippen LogP contribution is 2.24. The maximum atomic E-state index is 12.2. The van der Waals surface area contributed by atoms with E-state index in [-0.39, 0.29) is 12.1 Å². The molecule has 0 aromatic heterocycles. The summed E-state index contributed by atoms with van der Waals surface area (Å²) in [6.07, 6.45) is 2.93. The predicted octanol–water partition coefficient (Wildman–Crippen LogP) is 3.33. The molecule has 0 radical (unpaired) electrons. The van der Waals surface area contributed by atoms with E-state index in [1.807, 2.05) is 32.6 Å². The second kappa shape index (κ2) is 7.11. The highest BCUT2D eigenvalue weighted by molar-refractivity contribution is 5.68. The van der Waals surface area contributed by atoms with Crippen molar-refractivity contribution >= 4 is 6.09 Å². The first-order chi connectivity index (χ1) is 9.19. The van der Waals surface area contributed by atoms with Gasteiger partial charge in [0.2, 0.25) is 0 Å². The fourth-order valence-corrected chi connectivity index (χ4v) is 2.48. The molecular formula is C16H30N2O2. The average Bonchev–Trinajstić information content (AvgIpc) is 2.72. The van der Waals surface area contributed by atoms with Crippen LogP contribution in [-0.4, -0.2) is 41.8 Å². The van der Waals surface area contributed by atoms with Crippen molar-refractivity contribution in [1.82, 2.24) is 10.2 Å². The summed E-state index contributed by atoms with van der Waals surface area (Å²) < 4.78 is 5.48. The molecular weight excluding hydrogens is 252 g/mol. The van der Waals surface area contributed by atoms with Gasteiger partial charge in [-0.2, -0.15) is 0 Å². The van der Waals surface area contributed by atoms with Gasteiger partial charge in [0.25, 0.3) is 0 Å². The van der Waals surface area contributed by atoms with Crippen molar-refractivity contribution in [1.29, 1.82) is 0 Å². The monoisotopic (exact) mass is 282 g/mol. The lowest BCUT2D eigenvalue weighted by atomic mass is 10.1. The van der Waals surface area contributed by atoms with Gasteiger partial charge < -0.3 is 15.0 Å². The van der Waals surface area contributed by atoms with E-state index >= 15 is 0 Å². The summed E-state index contributed by atoms with van der Waals surface area (Å²) in [7, 11) is 0. The van der Waals surface area contributed by atoms with Crippen molar-refractivity contribution in [2.45, 2.75) is 71.6 Å². The quantitative estimate of drug-likeness (QED) is 0.786. The second-order valence-electron chi connectivity index (χ2n) is 6.94. The van der Waals surface area contributed by atoms with E-state index in [0.29, 0.717) is 6.04 Å². The van der Waals surface area contributed by atoms with Crippen LogP contribution in [0, 0.1) is 0 Å². The molecule has 0 bridgehead atoms. The molecule has 0 spiro atoms. The lowest BCUT2D eigenvalue weighted by Gasteiger charge is -2.30. The minimum Gasteiger partial charge on any atom is -0.444 e. The molecule has 1 aliphatic heterocycles. The van der Waals surface area contributed by atoms with Crippen LogP contribution in [0.3, 0.4) is 0 Å². The lowest BCUT2D eigenvalue weighted by Crippen LogP contribution is -2.42. The Morgan fingerprint density at radius 3 is 2.70 bits per heavy atom. The van der Waals surface area contributed by atoms with Crippen LogP contribution in [0.1, 0.15) is 53.9 Å². The first-order valence-corrected chi connectivity index (χ1v) is 7.56. The van der Waals surface area contributed by atoms with Crippen molar-refractivity contribution in [2.75, 3.05) is 13.1 Å². The van der Waals surface area contributed by atoms with Crippen LogP contribution in [0.15, 0.2) is 12.2 Å². The van der Waals surface area contributed by atoms with E-state index in [0.717, 1.165) is 37.9 Å². The van der Waals surface area contributed by atoms with Crippen molar-refractivity contribution in [3.8, 4) is 0 Å². The molecule has 1 rings (SSSR count). The SMILES string of the molecule is C=C(C)CNC(C)CC1CCCN1C(=O)OC(C)(C)C. The summed E-state index contributed by atoms with van der Waals surface area (Å²) in [6.45, 7) is 15.4. The summed E-state index contributed by atoms with van der Waals surface area (Å²) in [5.41, 5.74) is 0.709. The van der Waals surface area contributed by atoms with Crippen molar-refractivity contribution in [2.24, 2.45) is 0 Å².